The first-order chi connectivity index (χ1) is 11.5. The summed E-state index contributed by atoms with van der Waals surface area (Å²) in [5, 5.41) is 7.88. The fraction of sp³-hybridized carbons (Fsp3) is 0.353. The van der Waals surface area contributed by atoms with E-state index >= 15 is 0 Å². The Balaban J connectivity index is 1.92. The number of anilines is 1. The Hall–Kier alpha value is -2.41. The number of hydrogen-bond acceptors (Lipinski definition) is 5. The Labute approximate surface area is 145 Å². The molecule has 1 aromatic carbocycles. The minimum atomic E-state index is -0.248. The number of rotatable bonds is 7. The van der Waals surface area contributed by atoms with Gasteiger partial charge in [0.05, 0.1) is 19.2 Å². The Morgan fingerprint density at radius 3 is 2.62 bits per heavy atom. The molecule has 24 heavy (non-hydrogen) atoms. The molecule has 2 amide bonds. The van der Waals surface area contributed by atoms with Gasteiger partial charge in [0.1, 0.15) is 5.75 Å². The van der Waals surface area contributed by atoms with Gasteiger partial charge < -0.3 is 10.1 Å². The molecule has 0 saturated carbocycles. The molecule has 0 spiro atoms. The summed E-state index contributed by atoms with van der Waals surface area (Å²) in [5.74, 6) is 0.376. The molecule has 0 aliphatic heterocycles. The molecule has 0 aliphatic carbocycles. The molecular formula is C17H21N3O3S. The molecule has 6 nitrogen and oxygen atoms in total. The molecule has 2 rings (SSSR count). The summed E-state index contributed by atoms with van der Waals surface area (Å²) in [6.07, 6.45) is 1.09. The molecule has 2 aromatic rings. The smallest absolute Gasteiger partial charge is 0.257 e. The number of carbonyl (C=O) groups is 2. The topological polar surface area (TPSA) is 80.3 Å². The van der Waals surface area contributed by atoms with Crippen molar-refractivity contribution in [3.63, 3.8) is 0 Å². The van der Waals surface area contributed by atoms with Crippen LogP contribution in [0.25, 0.3) is 0 Å². The molecular weight excluding hydrogens is 326 g/mol. The number of hydrogen-bond donors (Lipinski definition) is 2. The maximum Gasteiger partial charge on any atom is 0.257 e. The van der Waals surface area contributed by atoms with Gasteiger partial charge in [-0.25, -0.2) is 4.98 Å². The molecule has 128 valence electrons. The van der Waals surface area contributed by atoms with Crippen LogP contribution in [-0.2, 0) is 11.2 Å². The highest BCUT2D eigenvalue weighted by Gasteiger charge is 2.12. The van der Waals surface area contributed by atoms with E-state index < -0.39 is 0 Å². The van der Waals surface area contributed by atoms with Crippen LogP contribution < -0.4 is 15.4 Å². The van der Waals surface area contributed by atoms with Gasteiger partial charge in [0.15, 0.2) is 5.13 Å². The largest absolute Gasteiger partial charge is 0.497 e. The first kappa shape index (κ1) is 17.9. The van der Waals surface area contributed by atoms with Crippen LogP contribution in [0.5, 0.6) is 5.75 Å². The van der Waals surface area contributed by atoms with Crippen molar-refractivity contribution in [3.05, 3.63) is 40.9 Å². The molecule has 1 heterocycles. The Bertz CT molecular complexity index is 697. The van der Waals surface area contributed by atoms with Gasteiger partial charge in [-0.1, -0.05) is 6.92 Å². The van der Waals surface area contributed by atoms with E-state index in [0.717, 1.165) is 6.42 Å². The number of amides is 2. The second kappa shape index (κ2) is 8.44. The SMILES string of the molecule is CCC(C)NC(=O)Cc1csc(NC(=O)c2ccc(OC)cc2)n1. The standard InChI is InChI=1S/C17H21N3O3S/c1-4-11(2)18-15(21)9-13-10-24-17(19-13)20-16(22)12-5-7-14(23-3)8-6-12/h5-8,10-11H,4,9H2,1-3H3,(H,18,21)(H,19,20,22). The Kier molecular flexibility index (Phi) is 6.31. The molecule has 1 unspecified atom stereocenters. The van der Waals surface area contributed by atoms with E-state index in [4.69, 9.17) is 4.74 Å². The monoisotopic (exact) mass is 347 g/mol. The van der Waals surface area contributed by atoms with Crippen molar-refractivity contribution in [2.45, 2.75) is 32.7 Å². The van der Waals surface area contributed by atoms with Gasteiger partial charge in [-0.15, -0.1) is 11.3 Å². The van der Waals surface area contributed by atoms with E-state index in [0.29, 0.717) is 22.1 Å². The van der Waals surface area contributed by atoms with Crippen LogP contribution in [0.2, 0.25) is 0 Å². The van der Waals surface area contributed by atoms with Crippen LogP contribution in [0.1, 0.15) is 36.3 Å². The minimum absolute atomic E-state index is 0.0670. The van der Waals surface area contributed by atoms with E-state index in [2.05, 4.69) is 15.6 Å². The summed E-state index contributed by atoms with van der Waals surface area (Å²) < 4.78 is 5.06. The highest BCUT2D eigenvalue weighted by Crippen LogP contribution is 2.18. The molecule has 0 fully saturated rings. The van der Waals surface area contributed by atoms with Gasteiger partial charge in [0, 0.05) is 17.0 Å². The van der Waals surface area contributed by atoms with Crippen LogP contribution in [0.4, 0.5) is 5.13 Å². The summed E-state index contributed by atoms with van der Waals surface area (Å²) in [6.45, 7) is 3.97. The zero-order chi connectivity index (χ0) is 17.5. The summed E-state index contributed by atoms with van der Waals surface area (Å²) in [7, 11) is 1.57. The van der Waals surface area contributed by atoms with Crippen LogP contribution >= 0.6 is 11.3 Å². The number of nitrogens with zero attached hydrogens (tertiary/aromatic N) is 1. The van der Waals surface area contributed by atoms with Crippen LogP contribution in [0.15, 0.2) is 29.6 Å². The quantitative estimate of drug-likeness (QED) is 0.807. The van der Waals surface area contributed by atoms with Crippen molar-refractivity contribution < 1.29 is 14.3 Å². The minimum Gasteiger partial charge on any atom is -0.497 e. The van der Waals surface area contributed by atoms with Gasteiger partial charge in [-0.3, -0.25) is 14.9 Å². The number of aromatic nitrogens is 1. The second-order valence-corrected chi connectivity index (χ2v) is 6.24. The first-order valence-electron chi connectivity index (χ1n) is 7.71. The summed E-state index contributed by atoms with van der Waals surface area (Å²) in [4.78, 5) is 28.3. The molecule has 0 radical (unpaired) electrons. The van der Waals surface area contributed by atoms with Crippen molar-refractivity contribution in [2.75, 3.05) is 12.4 Å². The first-order valence-corrected chi connectivity index (χ1v) is 8.59. The normalized spacial score (nSPS) is 11.6. The number of ether oxygens (including phenoxy) is 1. The Morgan fingerprint density at radius 1 is 1.29 bits per heavy atom. The molecule has 0 saturated heterocycles. The third-order valence-corrected chi connectivity index (χ3v) is 4.29. The van der Waals surface area contributed by atoms with E-state index in [-0.39, 0.29) is 24.3 Å². The lowest BCUT2D eigenvalue weighted by Gasteiger charge is -2.10. The number of benzene rings is 1. The van der Waals surface area contributed by atoms with E-state index in [1.807, 2.05) is 13.8 Å². The summed E-state index contributed by atoms with van der Waals surface area (Å²) in [5.41, 5.74) is 1.16. The second-order valence-electron chi connectivity index (χ2n) is 5.38. The van der Waals surface area contributed by atoms with E-state index in [1.54, 1.807) is 36.8 Å². The fourth-order valence-corrected chi connectivity index (χ4v) is 2.65. The fourth-order valence-electron chi connectivity index (χ4n) is 1.95. The molecule has 1 atom stereocenters. The predicted molar refractivity (Wildman–Crippen MR) is 94.7 cm³/mol. The number of carbonyl (C=O) groups excluding carboxylic acids is 2. The molecule has 1 aromatic heterocycles. The van der Waals surface area contributed by atoms with Gasteiger partial charge >= 0.3 is 0 Å². The average molecular weight is 347 g/mol. The van der Waals surface area contributed by atoms with Crippen molar-refractivity contribution in [1.29, 1.82) is 0 Å². The van der Waals surface area contributed by atoms with Gasteiger partial charge in [-0.2, -0.15) is 0 Å². The highest BCUT2D eigenvalue weighted by molar-refractivity contribution is 7.14. The summed E-state index contributed by atoms with van der Waals surface area (Å²) >= 11 is 1.30. The number of methoxy groups -OCH3 is 1. The van der Waals surface area contributed by atoms with E-state index in [1.165, 1.54) is 11.3 Å². The van der Waals surface area contributed by atoms with Crippen molar-refractivity contribution >= 4 is 28.3 Å². The molecule has 7 heteroatoms. The lowest BCUT2D eigenvalue weighted by atomic mass is 10.2. The molecule has 2 N–H and O–H groups in total. The highest BCUT2D eigenvalue weighted by atomic mass is 32.1. The van der Waals surface area contributed by atoms with Crippen molar-refractivity contribution in [3.8, 4) is 5.75 Å². The lowest BCUT2D eigenvalue weighted by molar-refractivity contribution is -0.121. The zero-order valence-corrected chi connectivity index (χ0v) is 14.8. The van der Waals surface area contributed by atoms with Crippen LogP contribution in [0, 0.1) is 0 Å². The maximum absolute atomic E-state index is 12.2. The summed E-state index contributed by atoms with van der Waals surface area (Å²) in [6, 6.07) is 6.96. The van der Waals surface area contributed by atoms with Gasteiger partial charge in [-0.05, 0) is 37.6 Å². The molecule has 0 bridgehead atoms. The van der Waals surface area contributed by atoms with Crippen molar-refractivity contribution in [1.82, 2.24) is 10.3 Å². The van der Waals surface area contributed by atoms with Gasteiger partial charge in [0.2, 0.25) is 5.91 Å². The average Bonchev–Trinajstić information content (AvgIpc) is 3.01. The predicted octanol–water partition coefficient (Wildman–Crippen LogP) is 2.86. The Morgan fingerprint density at radius 2 is 2.00 bits per heavy atom. The van der Waals surface area contributed by atoms with Gasteiger partial charge in [0.25, 0.3) is 5.91 Å². The van der Waals surface area contributed by atoms with Crippen LogP contribution in [0.3, 0.4) is 0 Å². The van der Waals surface area contributed by atoms with Crippen LogP contribution in [-0.4, -0.2) is 29.9 Å². The third kappa shape index (κ3) is 5.06. The lowest BCUT2D eigenvalue weighted by Crippen LogP contribution is -2.33. The number of nitrogens with one attached hydrogen (secondary N) is 2. The number of thiazole rings is 1. The zero-order valence-electron chi connectivity index (χ0n) is 14.0. The van der Waals surface area contributed by atoms with Crippen molar-refractivity contribution in [2.24, 2.45) is 0 Å². The maximum atomic E-state index is 12.2. The van der Waals surface area contributed by atoms with E-state index in [9.17, 15) is 9.59 Å². The molecule has 0 aliphatic rings. The third-order valence-electron chi connectivity index (χ3n) is 3.49.